The van der Waals surface area contributed by atoms with Crippen molar-refractivity contribution in [2.45, 2.75) is 167 Å². The molecule has 3 saturated heterocycles. The molecule has 90 heavy (non-hydrogen) atoms. The van der Waals surface area contributed by atoms with Gasteiger partial charge in [0.2, 0.25) is 35.4 Å². The van der Waals surface area contributed by atoms with Crippen molar-refractivity contribution < 1.29 is 90.9 Å². The number of nitrogens with one attached hydrogen (secondary N) is 5. The lowest BCUT2D eigenvalue weighted by Crippen LogP contribution is -2.54. The van der Waals surface area contributed by atoms with Crippen LogP contribution >= 0.6 is 0 Å². The molecule has 6 aliphatic heterocycles. The number of unbranched alkanes of at least 4 members (excludes halogenated alkanes) is 3. The highest BCUT2D eigenvalue weighted by Gasteiger charge is 2.47. The lowest BCUT2D eigenvalue weighted by Gasteiger charge is -2.27. The summed E-state index contributed by atoms with van der Waals surface area (Å²) in [6.45, 7) is 12.8. The number of anilines is 2. The minimum atomic E-state index is -1.02. The smallest absolute Gasteiger partial charge is 0.306 e. The molecule has 3 fully saturated rings. The van der Waals surface area contributed by atoms with Crippen LogP contribution < -0.4 is 32.3 Å². The van der Waals surface area contributed by atoms with Crippen LogP contribution in [-0.2, 0) is 52.6 Å². The molecule has 3 aromatic rings. The van der Waals surface area contributed by atoms with E-state index >= 15 is 0 Å². The fourth-order valence-electron chi connectivity index (χ4n) is 10.1. The number of carbonyl (C=O) groups excluding carboxylic acids is 14. The van der Waals surface area contributed by atoms with Crippen LogP contribution in [0.25, 0.3) is 0 Å². The molecule has 482 valence electrons. The summed E-state index contributed by atoms with van der Waals surface area (Å²) in [5.41, 5.74) is 6.65. The highest BCUT2D eigenvalue weighted by atomic mass is 19.1. The number of esters is 2. The second-order valence-corrected chi connectivity index (χ2v) is 23.6. The molecular formula is C62H74FN9O18. The fourth-order valence-corrected chi connectivity index (χ4v) is 10.1. The van der Waals surface area contributed by atoms with Crippen LogP contribution in [0, 0.1) is 5.82 Å². The number of carboxylic acid groups (broad SMARTS) is 1. The SMILES string of the molecule is CC(C)(C)OC(=O)CCCCN.CC(C)(C)OC(=O)CCCCNc1ccc2c(c1)C(=O)N(C1CCC(=O)NC1=O)C2=O.O=C(O)CCCCNc1ccc2c(c1)C(=O)N(C1CCC(=O)NC1=O)C2=O.O=C1CCC(N2C(=O)c3ccc(F)cc3C2=O)C(=O)N1. The molecule has 27 nitrogen and oxygen atoms in total. The van der Waals surface area contributed by atoms with Crippen molar-refractivity contribution in [3.8, 4) is 0 Å². The number of piperidine rings is 3. The minimum Gasteiger partial charge on any atom is -0.481 e. The van der Waals surface area contributed by atoms with E-state index < -0.39 is 106 Å². The van der Waals surface area contributed by atoms with E-state index in [1.807, 2.05) is 41.5 Å². The average molecular weight is 1250 g/mol. The van der Waals surface area contributed by atoms with Gasteiger partial charge in [0, 0.05) is 63.0 Å². The van der Waals surface area contributed by atoms with E-state index in [9.17, 15) is 76.3 Å². The number of amides is 12. The number of carboxylic acids is 1. The zero-order valence-electron chi connectivity index (χ0n) is 50.8. The first-order valence-electron chi connectivity index (χ1n) is 29.4. The Labute approximate surface area is 517 Å². The minimum absolute atomic E-state index is 0.0537. The summed E-state index contributed by atoms with van der Waals surface area (Å²) in [6.07, 6.45) is 5.73. The molecule has 12 amide bonds. The molecule has 0 bridgehead atoms. The van der Waals surface area contributed by atoms with Crippen LogP contribution in [0.5, 0.6) is 0 Å². The molecule has 9 rings (SSSR count). The molecule has 3 aromatic carbocycles. The summed E-state index contributed by atoms with van der Waals surface area (Å²) in [4.78, 5) is 181. The number of hydrogen-bond acceptors (Lipinski definition) is 20. The molecule has 8 N–H and O–H groups in total. The topological polar surface area (TPSA) is 391 Å². The van der Waals surface area contributed by atoms with Crippen LogP contribution in [0.3, 0.4) is 0 Å². The number of imide groups is 6. The van der Waals surface area contributed by atoms with Gasteiger partial charge in [-0.05, 0) is 160 Å². The van der Waals surface area contributed by atoms with Crippen LogP contribution in [-0.4, -0.2) is 158 Å². The predicted octanol–water partition coefficient (Wildman–Crippen LogP) is 4.45. The van der Waals surface area contributed by atoms with Gasteiger partial charge in [0.1, 0.15) is 35.1 Å². The van der Waals surface area contributed by atoms with E-state index in [0.29, 0.717) is 63.1 Å². The Bertz CT molecular complexity index is 3390. The maximum atomic E-state index is 13.2. The lowest BCUT2D eigenvalue weighted by atomic mass is 10.0. The maximum Gasteiger partial charge on any atom is 0.306 e. The summed E-state index contributed by atoms with van der Waals surface area (Å²) in [7, 11) is 0. The van der Waals surface area contributed by atoms with Crippen molar-refractivity contribution in [2.24, 2.45) is 5.73 Å². The third-order valence-corrected chi connectivity index (χ3v) is 14.2. The molecule has 0 spiro atoms. The molecule has 3 unspecified atom stereocenters. The Morgan fingerprint density at radius 3 is 1.14 bits per heavy atom. The van der Waals surface area contributed by atoms with E-state index in [2.05, 4.69) is 26.6 Å². The summed E-state index contributed by atoms with van der Waals surface area (Å²) >= 11 is 0. The normalized spacial score (nSPS) is 18.6. The Hall–Kier alpha value is -9.60. The first kappa shape index (κ1) is 69.5. The van der Waals surface area contributed by atoms with Gasteiger partial charge in [-0.25, -0.2) is 4.39 Å². The van der Waals surface area contributed by atoms with Crippen LogP contribution in [0.15, 0.2) is 54.6 Å². The third-order valence-electron chi connectivity index (χ3n) is 14.2. The highest BCUT2D eigenvalue weighted by Crippen LogP contribution is 2.32. The molecule has 6 aliphatic rings. The molecule has 6 heterocycles. The molecule has 3 atom stereocenters. The monoisotopic (exact) mass is 1250 g/mol. The summed E-state index contributed by atoms with van der Waals surface area (Å²) in [5.74, 6) is -8.56. The number of benzene rings is 3. The second kappa shape index (κ2) is 30.5. The van der Waals surface area contributed by atoms with E-state index in [0.717, 1.165) is 46.1 Å². The van der Waals surface area contributed by atoms with Gasteiger partial charge in [0.05, 0.1) is 33.4 Å². The quantitative estimate of drug-likeness (QED) is 0.0495. The number of nitrogens with two attached hydrogens (primary N) is 1. The predicted molar refractivity (Wildman–Crippen MR) is 316 cm³/mol. The number of hydrogen-bond donors (Lipinski definition) is 7. The number of rotatable bonds is 19. The van der Waals surface area contributed by atoms with Crippen molar-refractivity contribution in [1.29, 1.82) is 0 Å². The van der Waals surface area contributed by atoms with Gasteiger partial charge in [0.25, 0.3) is 35.4 Å². The largest absolute Gasteiger partial charge is 0.481 e. The van der Waals surface area contributed by atoms with Gasteiger partial charge in [-0.1, -0.05) is 0 Å². The zero-order valence-corrected chi connectivity index (χ0v) is 50.8. The average Bonchev–Trinajstić information content (AvgIpc) is 1.64. The first-order valence-corrected chi connectivity index (χ1v) is 29.4. The molecule has 0 aromatic heterocycles. The number of aliphatic carboxylic acids is 1. The zero-order chi connectivity index (χ0) is 66.4. The van der Waals surface area contributed by atoms with Gasteiger partial charge in [0.15, 0.2) is 0 Å². The molecule has 0 saturated carbocycles. The van der Waals surface area contributed by atoms with Gasteiger partial charge in [-0.3, -0.25) is 103 Å². The Morgan fingerprint density at radius 2 is 0.811 bits per heavy atom. The summed E-state index contributed by atoms with van der Waals surface area (Å²) in [6, 6.07) is 9.89. The fraction of sp³-hybridized carbons (Fsp3) is 0.468. The number of fused-ring (bicyclic) bond motifs is 3. The van der Waals surface area contributed by atoms with Crippen LogP contribution in [0.2, 0.25) is 0 Å². The Morgan fingerprint density at radius 1 is 0.489 bits per heavy atom. The van der Waals surface area contributed by atoms with Gasteiger partial charge >= 0.3 is 17.9 Å². The van der Waals surface area contributed by atoms with Crippen molar-refractivity contribution in [3.05, 3.63) is 93.8 Å². The van der Waals surface area contributed by atoms with E-state index in [4.69, 9.17) is 20.3 Å². The van der Waals surface area contributed by atoms with Gasteiger partial charge in [-0.2, -0.15) is 0 Å². The van der Waals surface area contributed by atoms with E-state index in [1.54, 1.807) is 30.3 Å². The standard InChI is InChI=1S/C22H27N3O6.C18H19N3O6.C13H9FN2O4.C9H19NO2/c1-22(2,3)31-18(27)6-4-5-11-23-13-7-8-14-15(12-13)21(30)25(20(14)29)16-9-10-17(26)24-19(16)28;22-14-7-6-13(16(25)20-14)21-17(26)11-5-4-10(9-12(11)18(21)27)19-8-2-1-3-15(23)24;14-6-1-2-7-8(5-6)13(20)16(12(7)19)9-3-4-10(17)15-11(9)18;1-9(2,3)12-8(11)6-4-5-7-10/h7-8,12,16,23H,4-6,9-11H2,1-3H3,(H,24,26,28);4-5,9,13,19H,1-3,6-8H2,(H,23,24)(H,20,22,25);1-2,5,9H,3-4H2,(H,15,17,18);4-7,10H2,1-3H3. The van der Waals surface area contributed by atoms with Gasteiger partial charge < -0.3 is 30.9 Å². The third kappa shape index (κ3) is 18.5. The van der Waals surface area contributed by atoms with Gasteiger partial charge in [-0.15, -0.1) is 0 Å². The molecule has 0 radical (unpaired) electrons. The number of carbonyl (C=O) groups is 15. The highest BCUT2D eigenvalue weighted by molar-refractivity contribution is 6.25. The lowest BCUT2D eigenvalue weighted by molar-refractivity contribution is -0.156. The number of nitrogens with zero attached hydrogens (tertiary/aromatic N) is 3. The van der Waals surface area contributed by atoms with E-state index in [-0.39, 0.29) is 95.9 Å². The number of ether oxygens (including phenoxy) is 2. The molecule has 0 aliphatic carbocycles. The molecule has 28 heteroatoms. The van der Waals surface area contributed by atoms with Crippen molar-refractivity contribution in [2.75, 3.05) is 30.3 Å². The maximum absolute atomic E-state index is 13.2. The van der Waals surface area contributed by atoms with Crippen molar-refractivity contribution in [1.82, 2.24) is 30.7 Å². The Kier molecular flexibility index (Phi) is 23.6. The van der Waals surface area contributed by atoms with Crippen LogP contribution in [0.4, 0.5) is 15.8 Å². The molecular weight excluding hydrogens is 1180 g/mol. The van der Waals surface area contributed by atoms with Crippen LogP contribution in [0.1, 0.15) is 200 Å². The van der Waals surface area contributed by atoms with Crippen molar-refractivity contribution in [3.63, 3.8) is 0 Å². The second-order valence-electron chi connectivity index (χ2n) is 23.6. The number of halogens is 1. The first-order chi connectivity index (χ1) is 42.4. The summed E-state index contributed by atoms with van der Waals surface area (Å²) in [5, 5.41) is 21.3. The summed E-state index contributed by atoms with van der Waals surface area (Å²) < 4.78 is 23.5. The van der Waals surface area contributed by atoms with E-state index in [1.165, 1.54) is 12.1 Å². The van der Waals surface area contributed by atoms with Crippen molar-refractivity contribution >= 4 is 100 Å². The Balaban J connectivity index is 0.000000200.